The summed E-state index contributed by atoms with van der Waals surface area (Å²) < 4.78 is 19.3. The van der Waals surface area contributed by atoms with E-state index < -0.39 is 5.82 Å². The van der Waals surface area contributed by atoms with Gasteiger partial charge in [0.15, 0.2) is 0 Å². The summed E-state index contributed by atoms with van der Waals surface area (Å²) in [7, 11) is 0. The zero-order valence-corrected chi connectivity index (χ0v) is 17.9. The number of hydrogen-bond acceptors (Lipinski definition) is 5. The number of para-hydroxylation sites is 1. The molecule has 170 valence electrons. The summed E-state index contributed by atoms with van der Waals surface area (Å²) in [4.78, 5) is 31.4. The Hall–Kier alpha value is -3.33. The molecule has 2 fully saturated rings. The fraction of sp³-hybridized carbons (Fsp3) is 0.391. The number of nitrogens with zero attached hydrogens (tertiary/aromatic N) is 3. The van der Waals surface area contributed by atoms with Crippen LogP contribution in [-0.2, 0) is 4.74 Å². The highest BCUT2D eigenvalue weighted by Gasteiger charge is 2.26. The second-order valence-electron chi connectivity index (χ2n) is 7.92. The van der Waals surface area contributed by atoms with Gasteiger partial charge in [-0.05, 0) is 36.8 Å². The Morgan fingerprint density at radius 2 is 1.72 bits per heavy atom. The molecule has 32 heavy (non-hydrogen) atoms. The van der Waals surface area contributed by atoms with E-state index in [4.69, 9.17) is 10.5 Å². The Morgan fingerprint density at radius 3 is 2.50 bits per heavy atom. The van der Waals surface area contributed by atoms with Crippen molar-refractivity contribution in [1.82, 2.24) is 9.80 Å². The largest absolute Gasteiger partial charge is 0.399 e. The second-order valence-corrected chi connectivity index (χ2v) is 7.92. The number of carbonyl (C=O) groups is 2. The third-order valence-electron chi connectivity index (χ3n) is 5.79. The van der Waals surface area contributed by atoms with Gasteiger partial charge in [-0.1, -0.05) is 12.1 Å². The van der Waals surface area contributed by atoms with Crippen molar-refractivity contribution in [2.24, 2.45) is 0 Å². The molecule has 8 nitrogen and oxygen atoms in total. The van der Waals surface area contributed by atoms with E-state index in [1.54, 1.807) is 34.1 Å². The molecule has 3 N–H and O–H groups in total. The molecular formula is C23H28FN5O3. The minimum Gasteiger partial charge on any atom is -0.399 e. The van der Waals surface area contributed by atoms with Crippen LogP contribution in [-0.4, -0.2) is 74.2 Å². The van der Waals surface area contributed by atoms with Gasteiger partial charge in [-0.2, -0.15) is 0 Å². The number of nitrogen functional groups attached to an aromatic ring is 1. The van der Waals surface area contributed by atoms with Crippen molar-refractivity contribution in [2.75, 3.05) is 68.4 Å². The highest BCUT2D eigenvalue weighted by atomic mass is 19.1. The molecule has 2 heterocycles. The van der Waals surface area contributed by atoms with Crippen LogP contribution in [0.5, 0.6) is 0 Å². The fourth-order valence-corrected chi connectivity index (χ4v) is 4.06. The normalized spacial score (nSPS) is 17.1. The van der Waals surface area contributed by atoms with Crippen LogP contribution in [0.25, 0.3) is 0 Å². The zero-order valence-electron chi connectivity index (χ0n) is 17.9. The summed E-state index contributed by atoms with van der Waals surface area (Å²) in [6.07, 6.45) is 0.722. The number of anilines is 3. The van der Waals surface area contributed by atoms with Crippen LogP contribution in [0.4, 0.5) is 26.2 Å². The number of nitrogens with one attached hydrogen (secondary N) is 1. The minimum absolute atomic E-state index is 0.0611. The number of benzene rings is 2. The first-order valence-corrected chi connectivity index (χ1v) is 10.8. The number of nitrogens with two attached hydrogens (primary N) is 1. The average Bonchev–Trinajstić information content (AvgIpc) is 3.07. The highest BCUT2D eigenvalue weighted by molar-refractivity contribution is 6.01. The molecule has 2 saturated heterocycles. The van der Waals surface area contributed by atoms with Crippen molar-refractivity contribution in [2.45, 2.75) is 6.42 Å². The number of rotatable bonds is 3. The van der Waals surface area contributed by atoms with Gasteiger partial charge in [0, 0.05) is 50.6 Å². The maximum Gasteiger partial charge on any atom is 0.321 e. The molecular weight excluding hydrogens is 413 g/mol. The first kappa shape index (κ1) is 21.9. The molecule has 0 aliphatic carbocycles. The van der Waals surface area contributed by atoms with Crippen molar-refractivity contribution in [1.29, 1.82) is 0 Å². The van der Waals surface area contributed by atoms with E-state index in [0.29, 0.717) is 63.7 Å². The van der Waals surface area contributed by atoms with Crippen LogP contribution in [0, 0.1) is 5.82 Å². The molecule has 2 aromatic carbocycles. The van der Waals surface area contributed by atoms with Gasteiger partial charge < -0.3 is 30.5 Å². The Bertz CT molecular complexity index is 980. The van der Waals surface area contributed by atoms with E-state index in [1.165, 1.54) is 12.1 Å². The Morgan fingerprint density at radius 1 is 0.938 bits per heavy atom. The van der Waals surface area contributed by atoms with Crippen molar-refractivity contribution in [3.63, 3.8) is 0 Å². The SMILES string of the molecule is Nc1ccc(N2CCCN(C(=O)Nc3ccccc3F)CC2)c(C(=O)N2CCOCC2)c1. The van der Waals surface area contributed by atoms with E-state index in [-0.39, 0.29) is 17.6 Å². The zero-order chi connectivity index (χ0) is 22.5. The highest BCUT2D eigenvalue weighted by Crippen LogP contribution is 2.26. The molecule has 2 aromatic rings. The molecule has 0 saturated carbocycles. The number of halogens is 1. The number of carbonyl (C=O) groups excluding carboxylic acids is 2. The summed E-state index contributed by atoms with van der Waals surface area (Å²) in [6, 6.07) is 11.2. The lowest BCUT2D eigenvalue weighted by atomic mass is 10.1. The first-order chi connectivity index (χ1) is 15.5. The maximum absolute atomic E-state index is 13.9. The predicted octanol–water partition coefficient (Wildman–Crippen LogP) is 2.62. The molecule has 0 spiro atoms. The van der Waals surface area contributed by atoms with E-state index in [9.17, 15) is 14.0 Å². The monoisotopic (exact) mass is 441 g/mol. The molecule has 4 rings (SSSR count). The lowest BCUT2D eigenvalue weighted by molar-refractivity contribution is 0.0303. The molecule has 2 aliphatic rings. The fourth-order valence-electron chi connectivity index (χ4n) is 4.06. The Labute approximate surface area is 186 Å². The Kier molecular flexibility index (Phi) is 6.75. The van der Waals surface area contributed by atoms with Crippen molar-refractivity contribution >= 4 is 29.0 Å². The number of ether oxygens (including phenoxy) is 1. The number of morpholine rings is 1. The van der Waals surface area contributed by atoms with Crippen LogP contribution in [0.15, 0.2) is 42.5 Å². The second kappa shape index (κ2) is 9.86. The number of hydrogen-bond donors (Lipinski definition) is 2. The van der Waals surface area contributed by atoms with Crippen molar-refractivity contribution < 1.29 is 18.7 Å². The topological polar surface area (TPSA) is 91.1 Å². The Balaban J connectivity index is 1.47. The van der Waals surface area contributed by atoms with Crippen LogP contribution in [0.1, 0.15) is 16.8 Å². The molecule has 0 aromatic heterocycles. The summed E-state index contributed by atoms with van der Waals surface area (Å²) in [5, 5.41) is 2.65. The minimum atomic E-state index is -0.467. The molecule has 0 bridgehead atoms. The van der Waals surface area contributed by atoms with Crippen molar-refractivity contribution in [3.05, 3.63) is 53.8 Å². The molecule has 0 atom stereocenters. The van der Waals surface area contributed by atoms with E-state index >= 15 is 0 Å². The smallest absolute Gasteiger partial charge is 0.321 e. The van der Waals surface area contributed by atoms with Crippen LogP contribution >= 0.6 is 0 Å². The van der Waals surface area contributed by atoms with Gasteiger partial charge in [0.1, 0.15) is 5.82 Å². The summed E-state index contributed by atoms with van der Waals surface area (Å²) in [5.74, 6) is -0.528. The molecule has 0 unspecified atom stereocenters. The van der Waals surface area contributed by atoms with Gasteiger partial charge in [-0.3, -0.25) is 4.79 Å². The van der Waals surface area contributed by atoms with Gasteiger partial charge in [-0.25, -0.2) is 9.18 Å². The van der Waals surface area contributed by atoms with E-state index in [2.05, 4.69) is 10.2 Å². The molecule has 2 aliphatic heterocycles. The first-order valence-electron chi connectivity index (χ1n) is 10.8. The average molecular weight is 442 g/mol. The molecule has 9 heteroatoms. The summed E-state index contributed by atoms with van der Waals surface area (Å²) in [5.41, 5.74) is 8.07. The molecule has 3 amide bonds. The lowest BCUT2D eigenvalue weighted by Gasteiger charge is -2.30. The van der Waals surface area contributed by atoms with Crippen LogP contribution in [0.2, 0.25) is 0 Å². The van der Waals surface area contributed by atoms with Gasteiger partial charge in [0.25, 0.3) is 5.91 Å². The number of amides is 3. The third kappa shape index (κ3) is 4.94. The quantitative estimate of drug-likeness (QED) is 0.715. The maximum atomic E-state index is 13.9. The summed E-state index contributed by atoms with van der Waals surface area (Å²) >= 11 is 0. The van der Waals surface area contributed by atoms with Crippen LogP contribution < -0.4 is 16.0 Å². The van der Waals surface area contributed by atoms with E-state index in [0.717, 1.165) is 12.1 Å². The predicted molar refractivity (Wildman–Crippen MR) is 121 cm³/mol. The van der Waals surface area contributed by atoms with Crippen molar-refractivity contribution in [3.8, 4) is 0 Å². The van der Waals surface area contributed by atoms with Gasteiger partial charge >= 0.3 is 6.03 Å². The standard InChI is InChI=1S/C23H28FN5O3/c24-19-4-1-2-5-20(19)26-23(31)29-9-3-8-27(10-11-29)21-7-6-17(25)16-18(21)22(30)28-12-14-32-15-13-28/h1-2,4-7,16H,3,8-15,25H2,(H,26,31). The lowest BCUT2D eigenvalue weighted by Crippen LogP contribution is -2.41. The summed E-state index contributed by atoms with van der Waals surface area (Å²) in [6.45, 7) is 4.40. The van der Waals surface area contributed by atoms with Gasteiger partial charge in [-0.15, -0.1) is 0 Å². The van der Waals surface area contributed by atoms with E-state index in [1.807, 2.05) is 6.07 Å². The van der Waals surface area contributed by atoms with Crippen LogP contribution in [0.3, 0.4) is 0 Å². The molecule has 0 radical (unpaired) electrons. The third-order valence-corrected chi connectivity index (χ3v) is 5.79. The van der Waals surface area contributed by atoms with Gasteiger partial charge in [0.05, 0.1) is 24.5 Å². The van der Waals surface area contributed by atoms with Gasteiger partial charge in [0.2, 0.25) is 0 Å². The number of urea groups is 1.